The van der Waals surface area contributed by atoms with Gasteiger partial charge < -0.3 is 14.4 Å². The van der Waals surface area contributed by atoms with Gasteiger partial charge in [-0.1, -0.05) is 64.7 Å². The lowest BCUT2D eigenvalue weighted by molar-refractivity contribution is -0.140. The number of rotatable bonds is 20. The highest BCUT2D eigenvalue weighted by atomic mass is 16.5. The first kappa shape index (κ1) is 29.9. The molecule has 0 saturated heterocycles. The third kappa shape index (κ3) is 10.9. The van der Waals surface area contributed by atoms with E-state index in [4.69, 9.17) is 9.84 Å². The normalized spacial score (nSPS) is 11.1. The summed E-state index contributed by atoms with van der Waals surface area (Å²) in [6, 6.07) is 0. The molecule has 0 bridgehead atoms. The number of ether oxygens (including phenoxy) is 1. The second-order valence-electron chi connectivity index (χ2n) is 9.47. The Labute approximate surface area is 206 Å². The minimum atomic E-state index is -0.767. The topological polar surface area (TPSA) is 85.6 Å². The van der Waals surface area contributed by atoms with Gasteiger partial charge >= 0.3 is 11.9 Å². The van der Waals surface area contributed by atoms with Crippen molar-refractivity contribution in [1.29, 1.82) is 0 Å². The Morgan fingerprint density at radius 3 is 1.94 bits per heavy atom. The maximum atomic E-state index is 13.1. The Balaban J connectivity index is 2.71. The van der Waals surface area contributed by atoms with E-state index in [1.165, 1.54) is 52.1 Å². The molecule has 1 aromatic rings. The van der Waals surface area contributed by atoms with Gasteiger partial charge in [0.25, 0.3) is 0 Å². The highest BCUT2D eigenvalue weighted by Gasteiger charge is 2.22. The summed E-state index contributed by atoms with van der Waals surface area (Å²) in [4.78, 5) is 35.6. The highest BCUT2D eigenvalue weighted by molar-refractivity contribution is 5.99. The number of carboxylic acids is 1. The van der Waals surface area contributed by atoms with Crippen LogP contribution in [0.25, 0.3) is 0 Å². The summed E-state index contributed by atoms with van der Waals surface area (Å²) in [6.45, 7) is 6.95. The van der Waals surface area contributed by atoms with Crippen LogP contribution in [-0.2, 0) is 27.3 Å². The number of aliphatic carboxylic acids is 1. The largest absolute Gasteiger partial charge is 0.481 e. The number of hydrogen-bond acceptors (Lipinski definition) is 4. The fraction of sp³-hybridized carbons (Fsp3) is 0.750. The minimum Gasteiger partial charge on any atom is -0.481 e. The first-order chi connectivity index (χ1) is 16.3. The van der Waals surface area contributed by atoms with Crippen LogP contribution in [-0.4, -0.2) is 34.5 Å². The van der Waals surface area contributed by atoms with Crippen LogP contribution in [0.2, 0.25) is 0 Å². The predicted octanol–water partition coefficient (Wildman–Crippen LogP) is 6.96. The Morgan fingerprint density at radius 1 is 0.794 bits per heavy atom. The number of nitrogens with zero attached hydrogens (tertiary/aromatic N) is 1. The van der Waals surface area contributed by atoms with Gasteiger partial charge in [0, 0.05) is 36.3 Å². The van der Waals surface area contributed by atoms with Crippen molar-refractivity contribution >= 4 is 17.7 Å². The molecule has 6 nitrogen and oxygen atoms in total. The molecule has 34 heavy (non-hydrogen) atoms. The lowest BCUT2D eigenvalue weighted by Crippen LogP contribution is -2.09. The maximum Gasteiger partial charge on any atom is 0.305 e. The molecule has 0 spiro atoms. The average molecular weight is 478 g/mol. The number of carbonyl (C=O) groups excluding carboxylic acids is 2. The van der Waals surface area contributed by atoms with Crippen molar-refractivity contribution in [2.45, 2.75) is 130 Å². The molecule has 1 aromatic heterocycles. The molecule has 0 radical (unpaired) electrons. The van der Waals surface area contributed by atoms with E-state index in [2.05, 4.69) is 11.5 Å². The number of Topliss-reactive ketones (excluding diaryl/α,β-unsaturated/α-hetero) is 1. The first-order valence-corrected chi connectivity index (χ1v) is 13.3. The lowest BCUT2D eigenvalue weighted by atomic mass is 9.99. The summed E-state index contributed by atoms with van der Waals surface area (Å²) in [5.41, 5.74) is 3.78. The SMILES string of the molecule is CCCCCCCCCCCC(=O)c1c(C)c(CCC(=O)OC)n(CCCCCC(=O)O)c1C. The average Bonchev–Trinajstić information content (AvgIpc) is 3.04. The summed E-state index contributed by atoms with van der Waals surface area (Å²) in [5.74, 6) is -0.827. The molecule has 0 atom stereocenters. The van der Waals surface area contributed by atoms with Crippen LogP contribution >= 0.6 is 0 Å². The fourth-order valence-electron chi connectivity index (χ4n) is 4.76. The standard InChI is InChI=1S/C28H47NO5/c1-5-6-7-8-9-10-11-12-14-17-25(30)28-22(2)24(19-20-27(33)34-4)29(23(28)3)21-16-13-15-18-26(31)32/h5-21H2,1-4H3,(H,31,32). The molecule has 0 aliphatic heterocycles. The van der Waals surface area contributed by atoms with Gasteiger partial charge in [0.15, 0.2) is 5.78 Å². The molecular weight excluding hydrogens is 430 g/mol. The molecule has 6 heteroatoms. The molecule has 0 aliphatic rings. The van der Waals surface area contributed by atoms with E-state index in [9.17, 15) is 14.4 Å². The van der Waals surface area contributed by atoms with Crippen LogP contribution in [0.15, 0.2) is 0 Å². The zero-order valence-corrected chi connectivity index (χ0v) is 22.0. The van der Waals surface area contributed by atoms with E-state index in [1.54, 1.807) is 0 Å². The zero-order chi connectivity index (χ0) is 25.3. The molecule has 0 unspecified atom stereocenters. The van der Waals surface area contributed by atoms with E-state index in [0.29, 0.717) is 19.3 Å². The number of methoxy groups -OCH3 is 1. The van der Waals surface area contributed by atoms with Gasteiger partial charge in [-0.05, 0) is 45.1 Å². The van der Waals surface area contributed by atoms with Crippen molar-refractivity contribution in [1.82, 2.24) is 4.57 Å². The summed E-state index contributed by atoms with van der Waals surface area (Å²) in [7, 11) is 1.39. The van der Waals surface area contributed by atoms with Gasteiger partial charge in [0.2, 0.25) is 0 Å². The van der Waals surface area contributed by atoms with Crippen molar-refractivity contribution < 1.29 is 24.2 Å². The second-order valence-corrected chi connectivity index (χ2v) is 9.47. The third-order valence-corrected chi connectivity index (χ3v) is 6.75. The van der Waals surface area contributed by atoms with Crippen molar-refractivity contribution in [3.63, 3.8) is 0 Å². The van der Waals surface area contributed by atoms with E-state index >= 15 is 0 Å². The van der Waals surface area contributed by atoms with Gasteiger partial charge in [-0.2, -0.15) is 0 Å². The maximum absolute atomic E-state index is 13.1. The molecule has 1 heterocycles. The first-order valence-electron chi connectivity index (χ1n) is 13.3. The summed E-state index contributed by atoms with van der Waals surface area (Å²) >= 11 is 0. The van der Waals surface area contributed by atoms with Crippen LogP contribution in [0.5, 0.6) is 0 Å². The summed E-state index contributed by atoms with van der Waals surface area (Å²) in [5, 5.41) is 8.84. The number of carboxylic acid groups (broad SMARTS) is 1. The Kier molecular flexibility index (Phi) is 15.3. The number of carbonyl (C=O) groups is 3. The number of aromatic nitrogens is 1. The van der Waals surface area contributed by atoms with Gasteiger partial charge in [-0.25, -0.2) is 0 Å². The van der Waals surface area contributed by atoms with Crippen molar-refractivity contribution in [3.05, 3.63) is 22.5 Å². The zero-order valence-electron chi connectivity index (χ0n) is 22.0. The molecule has 1 rings (SSSR count). The molecule has 0 fully saturated rings. The second kappa shape index (κ2) is 17.3. The van der Waals surface area contributed by atoms with E-state index in [0.717, 1.165) is 54.7 Å². The van der Waals surface area contributed by atoms with Gasteiger partial charge in [-0.15, -0.1) is 0 Å². The summed E-state index contributed by atoms with van der Waals surface area (Å²) < 4.78 is 6.98. The number of esters is 1. The van der Waals surface area contributed by atoms with E-state index < -0.39 is 5.97 Å². The third-order valence-electron chi connectivity index (χ3n) is 6.75. The van der Waals surface area contributed by atoms with E-state index in [1.807, 2.05) is 13.8 Å². The molecule has 0 amide bonds. The number of ketones is 1. The van der Waals surface area contributed by atoms with Crippen molar-refractivity contribution in [3.8, 4) is 0 Å². The predicted molar refractivity (Wildman–Crippen MR) is 137 cm³/mol. The molecule has 1 N–H and O–H groups in total. The fourth-order valence-corrected chi connectivity index (χ4v) is 4.76. The van der Waals surface area contributed by atoms with E-state index in [-0.39, 0.29) is 24.6 Å². The van der Waals surface area contributed by atoms with Crippen LogP contribution < -0.4 is 0 Å². The van der Waals surface area contributed by atoms with Gasteiger partial charge in [-0.3, -0.25) is 14.4 Å². The minimum absolute atomic E-state index is 0.182. The van der Waals surface area contributed by atoms with Gasteiger partial charge in [0.05, 0.1) is 13.5 Å². The van der Waals surface area contributed by atoms with Crippen LogP contribution in [0.4, 0.5) is 0 Å². The molecule has 0 aromatic carbocycles. The van der Waals surface area contributed by atoms with Gasteiger partial charge in [0.1, 0.15) is 0 Å². The van der Waals surface area contributed by atoms with Crippen molar-refractivity contribution in [2.75, 3.05) is 7.11 Å². The van der Waals surface area contributed by atoms with Crippen LogP contribution in [0.3, 0.4) is 0 Å². The molecule has 0 aliphatic carbocycles. The Hall–Kier alpha value is -2.11. The van der Waals surface area contributed by atoms with Crippen molar-refractivity contribution in [2.24, 2.45) is 0 Å². The number of unbranched alkanes of at least 4 members (excludes halogenated alkanes) is 10. The van der Waals surface area contributed by atoms with Crippen LogP contribution in [0, 0.1) is 13.8 Å². The molecule has 0 saturated carbocycles. The Bertz CT molecular complexity index is 765. The van der Waals surface area contributed by atoms with Crippen LogP contribution in [0.1, 0.15) is 131 Å². The summed E-state index contributed by atoms with van der Waals surface area (Å²) in [6.07, 6.45) is 14.9. The molecular formula is C28H47NO5. The quantitative estimate of drug-likeness (QED) is 0.125. The highest BCUT2D eigenvalue weighted by Crippen LogP contribution is 2.27. The number of hydrogen-bond donors (Lipinski definition) is 1. The molecule has 194 valence electrons. The Morgan fingerprint density at radius 2 is 1.35 bits per heavy atom. The lowest BCUT2D eigenvalue weighted by Gasteiger charge is -2.12. The monoisotopic (exact) mass is 477 g/mol. The smallest absolute Gasteiger partial charge is 0.305 e.